The average molecular weight is 154 g/mol. The summed E-state index contributed by atoms with van der Waals surface area (Å²) in [4.78, 5) is 0. The predicted molar refractivity (Wildman–Crippen MR) is 34.8 cm³/mol. The van der Waals surface area contributed by atoms with Gasteiger partial charge in [-0.25, -0.2) is 8.78 Å². The lowest BCUT2D eigenvalue weighted by molar-refractivity contribution is 0.148. The van der Waals surface area contributed by atoms with Crippen LogP contribution in [-0.2, 0) is 4.74 Å². The molecule has 0 aromatic rings. The monoisotopic (exact) mass is 154 g/mol. The fourth-order valence-electron chi connectivity index (χ4n) is 0.346. The second-order valence-electron chi connectivity index (χ2n) is 1.40. The summed E-state index contributed by atoms with van der Waals surface area (Å²) in [7, 11) is 0. The van der Waals surface area contributed by atoms with Gasteiger partial charge in [-0.05, 0) is 19.1 Å². The summed E-state index contributed by atoms with van der Waals surface area (Å²) in [6, 6.07) is 0. The van der Waals surface area contributed by atoms with Gasteiger partial charge in [0.15, 0.2) is 5.05 Å². The van der Waals surface area contributed by atoms with Crippen molar-refractivity contribution in [2.24, 2.45) is 0 Å². The molecule has 1 nitrogen and oxygen atoms in total. The third-order valence-corrected chi connectivity index (χ3v) is 0.911. The molecule has 0 heterocycles. The van der Waals surface area contributed by atoms with Gasteiger partial charge in [0.2, 0.25) is 6.43 Å². The van der Waals surface area contributed by atoms with Gasteiger partial charge in [-0.15, -0.1) is 0 Å². The van der Waals surface area contributed by atoms with Gasteiger partial charge in [-0.2, -0.15) is 0 Å². The molecule has 54 valence electrons. The van der Waals surface area contributed by atoms with Crippen LogP contribution in [0.15, 0.2) is 0 Å². The van der Waals surface area contributed by atoms with Crippen LogP contribution in [-0.4, -0.2) is 18.1 Å². The molecule has 0 N–H and O–H groups in total. The summed E-state index contributed by atoms with van der Waals surface area (Å²) in [6.07, 6.45) is -2.81. The molecule has 0 aromatic carbocycles. The molecule has 0 aliphatic heterocycles. The minimum Gasteiger partial charge on any atom is -0.487 e. The molecule has 0 saturated carbocycles. The molecule has 0 unspecified atom stereocenters. The summed E-state index contributed by atoms with van der Waals surface area (Å²) in [6.45, 7) is 2.07. The Bertz CT molecular complexity index is 95.0. The lowest BCUT2D eigenvalue weighted by Gasteiger charge is -2.01. The lowest BCUT2D eigenvalue weighted by Crippen LogP contribution is -2.05. The standard InChI is InChI=1S/C5H8F2OS/c1-2-8-5(9)3-4(6)7/h4H,2-3H2,1H3. The maximum absolute atomic E-state index is 11.4. The molecule has 0 bridgehead atoms. The SMILES string of the molecule is CCOC(=S)CC(F)F. The first kappa shape index (κ1) is 8.75. The minimum absolute atomic E-state index is 0.00694. The smallest absolute Gasteiger partial charge is 0.246 e. The quantitative estimate of drug-likeness (QED) is 0.575. The first-order valence-corrected chi connectivity index (χ1v) is 3.01. The van der Waals surface area contributed by atoms with Crippen molar-refractivity contribution in [2.75, 3.05) is 6.61 Å². The van der Waals surface area contributed by atoms with Crippen LogP contribution in [0.3, 0.4) is 0 Å². The second kappa shape index (κ2) is 4.61. The lowest BCUT2D eigenvalue weighted by atomic mass is 10.5. The number of hydrogen-bond donors (Lipinski definition) is 0. The molecule has 0 atom stereocenters. The molecule has 0 rings (SSSR count). The van der Waals surface area contributed by atoms with E-state index >= 15 is 0 Å². The van der Waals surface area contributed by atoms with E-state index < -0.39 is 12.8 Å². The maximum atomic E-state index is 11.4. The first-order valence-electron chi connectivity index (χ1n) is 2.60. The highest BCUT2D eigenvalue weighted by Gasteiger charge is 2.06. The Kier molecular flexibility index (Phi) is 4.48. The zero-order valence-corrected chi connectivity index (χ0v) is 5.88. The van der Waals surface area contributed by atoms with Crippen LogP contribution in [0.4, 0.5) is 8.78 Å². The van der Waals surface area contributed by atoms with E-state index in [0.29, 0.717) is 6.61 Å². The van der Waals surface area contributed by atoms with Crippen LogP contribution in [0, 0.1) is 0 Å². The van der Waals surface area contributed by atoms with Gasteiger partial charge in [0.25, 0.3) is 0 Å². The first-order chi connectivity index (χ1) is 4.16. The molecule has 0 amide bonds. The molecule has 9 heavy (non-hydrogen) atoms. The molecule has 0 aromatic heterocycles. The zero-order valence-electron chi connectivity index (χ0n) is 5.06. The van der Waals surface area contributed by atoms with Crippen molar-refractivity contribution < 1.29 is 13.5 Å². The summed E-state index contributed by atoms with van der Waals surface area (Å²) in [5, 5.41) is -0.00694. The van der Waals surface area contributed by atoms with Crippen molar-refractivity contribution in [3.8, 4) is 0 Å². The van der Waals surface area contributed by atoms with Crippen LogP contribution in [0.2, 0.25) is 0 Å². The third kappa shape index (κ3) is 5.62. The van der Waals surface area contributed by atoms with Crippen molar-refractivity contribution >= 4 is 17.3 Å². The Morgan fingerprint density at radius 2 is 2.22 bits per heavy atom. The molecular formula is C5H8F2OS. The van der Waals surface area contributed by atoms with Gasteiger partial charge in [0, 0.05) is 0 Å². The molecule has 0 aliphatic carbocycles. The minimum atomic E-state index is -2.39. The molecule has 0 spiro atoms. The van der Waals surface area contributed by atoms with E-state index in [1.54, 1.807) is 6.92 Å². The van der Waals surface area contributed by atoms with E-state index in [4.69, 9.17) is 0 Å². The molecule has 0 aliphatic rings. The fraction of sp³-hybridized carbons (Fsp3) is 0.800. The number of hydrogen-bond acceptors (Lipinski definition) is 2. The maximum Gasteiger partial charge on any atom is 0.246 e. The Morgan fingerprint density at radius 3 is 2.56 bits per heavy atom. The number of rotatable bonds is 3. The molecular weight excluding hydrogens is 146 g/mol. The van der Waals surface area contributed by atoms with Crippen LogP contribution in [0.1, 0.15) is 13.3 Å². The van der Waals surface area contributed by atoms with E-state index in [9.17, 15) is 8.78 Å². The summed E-state index contributed by atoms with van der Waals surface area (Å²) in [5.74, 6) is 0. The Morgan fingerprint density at radius 1 is 1.67 bits per heavy atom. The normalized spacial score (nSPS) is 9.78. The highest BCUT2D eigenvalue weighted by atomic mass is 32.1. The Hall–Kier alpha value is -0.250. The number of ether oxygens (including phenoxy) is 1. The van der Waals surface area contributed by atoms with Crippen molar-refractivity contribution in [3.05, 3.63) is 0 Å². The van der Waals surface area contributed by atoms with Crippen LogP contribution < -0.4 is 0 Å². The van der Waals surface area contributed by atoms with E-state index in [1.807, 2.05) is 0 Å². The van der Waals surface area contributed by atoms with Crippen molar-refractivity contribution in [1.82, 2.24) is 0 Å². The predicted octanol–water partition coefficient (Wildman–Crippen LogP) is 2.01. The molecule has 0 saturated heterocycles. The number of thiocarbonyl (C=S) groups is 1. The van der Waals surface area contributed by atoms with Crippen molar-refractivity contribution in [2.45, 2.75) is 19.8 Å². The average Bonchev–Trinajstić information content (AvgIpc) is 1.63. The van der Waals surface area contributed by atoms with Gasteiger partial charge in [-0.3, -0.25) is 0 Å². The second-order valence-corrected chi connectivity index (χ2v) is 1.86. The summed E-state index contributed by atoms with van der Waals surface area (Å²) >= 11 is 4.43. The van der Waals surface area contributed by atoms with Crippen molar-refractivity contribution in [1.29, 1.82) is 0 Å². The van der Waals surface area contributed by atoms with Crippen LogP contribution in [0.25, 0.3) is 0 Å². The van der Waals surface area contributed by atoms with Gasteiger partial charge in [0.05, 0.1) is 13.0 Å². The van der Waals surface area contributed by atoms with E-state index in [0.717, 1.165) is 0 Å². The molecule has 0 fully saturated rings. The van der Waals surface area contributed by atoms with E-state index in [-0.39, 0.29) is 5.05 Å². The van der Waals surface area contributed by atoms with E-state index in [2.05, 4.69) is 17.0 Å². The summed E-state index contributed by atoms with van der Waals surface area (Å²) in [5.41, 5.74) is 0. The molecule has 0 radical (unpaired) electrons. The highest BCUT2D eigenvalue weighted by molar-refractivity contribution is 7.80. The Labute approximate surface area is 58.0 Å². The number of alkyl halides is 2. The topological polar surface area (TPSA) is 9.23 Å². The largest absolute Gasteiger partial charge is 0.487 e. The van der Waals surface area contributed by atoms with Crippen LogP contribution >= 0.6 is 12.2 Å². The Balaban J connectivity index is 3.27. The van der Waals surface area contributed by atoms with Gasteiger partial charge in [-0.1, -0.05) is 0 Å². The van der Waals surface area contributed by atoms with Gasteiger partial charge in [0.1, 0.15) is 0 Å². The van der Waals surface area contributed by atoms with Gasteiger partial charge < -0.3 is 4.74 Å². The highest BCUT2D eigenvalue weighted by Crippen LogP contribution is 2.01. The summed E-state index contributed by atoms with van der Waals surface area (Å²) < 4.78 is 27.5. The van der Waals surface area contributed by atoms with Crippen LogP contribution in [0.5, 0.6) is 0 Å². The van der Waals surface area contributed by atoms with E-state index in [1.165, 1.54) is 0 Å². The van der Waals surface area contributed by atoms with Gasteiger partial charge >= 0.3 is 0 Å². The zero-order chi connectivity index (χ0) is 7.28. The fourth-order valence-corrected chi connectivity index (χ4v) is 0.590. The molecule has 4 heteroatoms. The number of halogens is 2. The third-order valence-electron chi connectivity index (χ3n) is 0.626. The van der Waals surface area contributed by atoms with Crippen molar-refractivity contribution in [3.63, 3.8) is 0 Å².